The van der Waals surface area contributed by atoms with Crippen molar-refractivity contribution in [2.75, 3.05) is 0 Å². The van der Waals surface area contributed by atoms with Crippen LogP contribution in [0.2, 0.25) is 0 Å². The highest BCUT2D eigenvalue weighted by atomic mass is 14.8. The van der Waals surface area contributed by atoms with Gasteiger partial charge in [-0.15, -0.1) is 0 Å². The molecule has 0 saturated heterocycles. The van der Waals surface area contributed by atoms with Gasteiger partial charge in [-0.2, -0.15) is 0 Å². The predicted molar refractivity (Wildman–Crippen MR) is 48.9 cm³/mol. The van der Waals surface area contributed by atoms with Gasteiger partial charge in [0.1, 0.15) is 6.34 Å². The van der Waals surface area contributed by atoms with Crippen molar-refractivity contribution in [1.29, 1.82) is 0 Å². The minimum Gasteiger partial charge on any atom is -0.253 e. The highest BCUT2D eigenvalue weighted by Crippen LogP contribution is 2.15. The van der Waals surface area contributed by atoms with Crippen LogP contribution in [0.25, 0.3) is 0 Å². The molecule has 0 unspecified atom stereocenters. The number of aliphatic imine (C=N–C) groups is 2. The molecule has 0 aliphatic heterocycles. The van der Waals surface area contributed by atoms with Crippen LogP contribution in [0.1, 0.15) is 5.56 Å². The van der Waals surface area contributed by atoms with Crippen LogP contribution >= 0.6 is 0 Å². The van der Waals surface area contributed by atoms with Crippen molar-refractivity contribution in [1.82, 2.24) is 0 Å². The Hall–Kier alpha value is -1.44. The second-order valence-corrected chi connectivity index (χ2v) is 2.21. The van der Waals surface area contributed by atoms with Crippen molar-refractivity contribution in [3.05, 3.63) is 29.8 Å². The van der Waals surface area contributed by atoms with Gasteiger partial charge in [0.2, 0.25) is 0 Å². The third-order valence-corrected chi connectivity index (χ3v) is 1.39. The average molecular weight is 146 g/mol. The molecule has 0 bridgehead atoms. The fourth-order valence-corrected chi connectivity index (χ4v) is 0.811. The molecule has 1 rings (SSSR count). The van der Waals surface area contributed by atoms with E-state index in [0.717, 1.165) is 11.3 Å². The van der Waals surface area contributed by atoms with E-state index >= 15 is 0 Å². The zero-order valence-corrected chi connectivity index (χ0v) is 6.49. The summed E-state index contributed by atoms with van der Waals surface area (Å²) in [4.78, 5) is 7.60. The second kappa shape index (κ2) is 3.66. The standard InChI is InChI=1S/C9H10N2/c1-8-5-3-4-6-9(8)11-7-10-2/h3-7H,2H2,1H3/b11-7-. The van der Waals surface area contributed by atoms with Crippen molar-refractivity contribution in [3.63, 3.8) is 0 Å². The van der Waals surface area contributed by atoms with E-state index < -0.39 is 0 Å². The van der Waals surface area contributed by atoms with Crippen LogP contribution in [0.3, 0.4) is 0 Å². The summed E-state index contributed by atoms with van der Waals surface area (Å²) in [5.74, 6) is 0. The molecule has 0 aromatic heterocycles. The Morgan fingerprint density at radius 3 is 2.73 bits per heavy atom. The van der Waals surface area contributed by atoms with Crippen LogP contribution in [0, 0.1) is 6.92 Å². The second-order valence-electron chi connectivity index (χ2n) is 2.21. The number of rotatable bonds is 2. The maximum absolute atomic E-state index is 4.07. The van der Waals surface area contributed by atoms with Crippen LogP contribution in [0.15, 0.2) is 34.3 Å². The number of aryl methyl sites for hydroxylation is 1. The van der Waals surface area contributed by atoms with Crippen molar-refractivity contribution in [3.8, 4) is 0 Å². The first-order chi connectivity index (χ1) is 5.34. The Balaban J connectivity index is 2.94. The maximum atomic E-state index is 4.07. The van der Waals surface area contributed by atoms with Crippen LogP contribution < -0.4 is 0 Å². The third-order valence-electron chi connectivity index (χ3n) is 1.39. The molecule has 0 saturated carbocycles. The van der Waals surface area contributed by atoms with E-state index in [9.17, 15) is 0 Å². The number of benzene rings is 1. The fourth-order valence-electron chi connectivity index (χ4n) is 0.811. The van der Waals surface area contributed by atoms with Gasteiger partial charge in [0.25, 0.3) is 0 Å². The zero-order chi connectivity index (χ0) is 8.10. The molecule has 0 amide bonds. The summed E-state index contributed by atoms with van der Waals surface area (Å²) in [7, 11) is 0. The summed E-state index contributed by atoms with van der Waals surface area (Å²) in [6.45, 7) is 5.32. The predicted octanol–water partition coefficient (Wildman–Crippen LogP) is 2.36. The smallest absolute Gasteiger partial charge is 0.115 e. The largest absolute Gasteiger partial charge is 0.253 e. The molecule has 0 aliphatic rings. The van der Waals surface area contributed by atoms with E-state index in [1.54, 1.807) is 0 Å². The summed E-state index contributed by atoms with van der Waals surface area (Å²) in [5, 5.41) is 0. The minimum absolute atomic E-state index is 0.944. The monoisotopic (exact) mass is 146 g/mol. The summed E-state index contributed by atoms with van der Waals surface area (Å²) in [6.07, 6.45) is 1.45. The first kappa shape index (κ1) is 7.66. The molecular weight excluding hydrogens is 136 g/mol. The fraction of sp³-hybridized carbons (Fsp3) is 0.111. The minimum atomic E-state index is 0.944. The first-order valence-electron chi connectivity index (χ1n) is 3.38. The van der Waals surface area contributed by atoms with E-state index in [4.69, 9.17) is 0 Å². The van der Waals surface area contributed by atoms with E-state index in [-0.39, 0.29) is 0 Å². The lowest BCUT2D eigenvalue weighted by Crippen LogP contribution is -1.72. The zero-order valence-electron chi connectivity index (χ0n) is 6.49. The lowest BCUT2D eigenvalue weighted by molar-refractivity contribution is 1.40. The van der Waals surface area contributed by atoms with Gasteiger partial charge in [0.15, 0.2) is 0 Å². The number of hydrogen-bond donors (Lipinski definition) is 0. The van der Waals surface area contributed by atoms with Gasteiger partial charge in [0, 0.05) is 0 Å². The van der Waals surface area contributed by atoms with Crippen molar-refractivity contribution < 1.29 is 0 Å². The Kier molecular flexibility index (Phi) is 2.55. The molecule has 0 spiro atoms. The lowest BCUT2D eigenvalue weighted by Gasteiger charge is -1.95. The van der Waals surface area contributed by atoms with Gasteiger partial charge >= 0.3 is 0 Å². The lowest BCUT2D eigenvalue weighted by atomic mass is 10.2. The summed E-state index contributed by atoms with van der Waals surface area (Å²) < 4.78 is 0. The average Bonchev–Trinajstić information content (AvgIpc) is 2.03. The van der Waals surface area contributed by atoms with E-state index in [1.165, 1.54) is 6.34 Å². The van der Waals surface area contributed by atoms with Crippen LogP contribution in [0.5, 0.6) is 0 Å². The highest BCUT2D eigenvalue weighted by Gasteiger charge is 1.89. The number of hydrogen-bond acceptors (Lipinski definition) is 1. The van der Waals surface area contributed by atoms with E-state index in [2.05, 4.69) is 16.7 Å². The summed E-state index contributed by atoms with van der Waals surface area (Å²) >= 11 is 0. The molecule has 56 valence electrons. The van der Waals surface area contributed by atoms with E-state index in [0.29, 0.717) is 0 Å². The van der Waals surface area contributed by atoms with Gasteiger partial charge in [-0.1, -0.05) is 18.2 Å². The van der Waals surface area contributed by atoms with Gasteiger partial charge < -0.3 is 0 Å². The third kappa shape index (κ3) is 2.00. The summed E-state index contributed by atoms with van der Waals surface area (Å²) in [5.41, 5.74) is 2.09. The molecule has 2 heteroatoms. The molecule has 0 radical (unpaired) electrons. The molecule has 0 atom stereocenters. The molecule has 0 aliphatic carbocycles. The van der Waals surface area contributed by atoms with Crippen molar-refractivity contribution in [2.45, 2.75) is 6.92 Å². The van der Waals surface area contributed by atoms with Gasteiger partial charge in [-0.05, 0) is 25.3 Å². The Bertz CT molecular complexity index is 277. The maximum Gasteiger partial charge on any atom is 0.115 e. The molecule has 0 fully saturated rings. The topological polar surface area (TPSA) is 24.7 Å². The van der Waals surface area contributed by atoms with Crippen molar-refractivity contribution >= 4 is 18.7 Å². The Morgan fingerprint density at radius 2 is 2.09 bits per heavy atom. The van der Waals surface area contributed by atoms with Gasteiger partial charge in [-0.25, -0.2) is 4.99 Å². The first-order valence-corrected chi connectivity index (χ1v) is 3.38. The number of nitrogens with zero attached hydrogens (tertiary/aromatic N) is 2. The molecule has 1 aromatic rings. The van der Waals surface area contributed by atoms with Gasteiger partial charge in [0.05, 0.1) is 5.69 Å². The van der Waals surface area contributed by atoms with Gasteiger partial charge in [-0.3, -0.25) is 4.99 Å². The summed E-state index contributed by atoms with van der Waals surface area (Å²) in [6, 6.07) is 7.88. The molecule has 0 N–H and O–H groups in total. The Morgan fingerprint density at radius 1 is 1.36 bits per heavy atom. The SMILES string of the molecule is C=N/C=N\c1ccccc1C. The van der Waals surface area contributed by atoms with Crippen molar-refractivity contribution in [2.24, 2.45) is 9.98 Å². The van der Waals surface area contributed by atoms with Crippen LogP contribution in [-0.2, 0) is 0 Å². The molecule has 11 heavy (non-hydrogen) atoms. The van der Waals surface area contributed by atoms with Crippen LogP contribution in [0.4, 0.5) is 5.69 Å². The molecule has 2 nitrogen and oxygen atoms in total. The van der Waals surface area contributed by atoms with E-state index in [1.807, 2.05) is 31.2 Å². The molecular formula is C9H10N2. The highest BCUT2D eigenvalue weighted by molar-refractivity contribution is 5.67. The molecule has 0 heterocycles. The molecule has 1 aromatic carbocycles. The Labute approximate surface area is 66.3 Å². The normalized spacial score (nSPS) is 10.3. The number of para-hydroxylation sites is 1. The van der Waals surface area contributed by atoms with Crippen LogP contribution in [-0.4, -0.2) is 13.1 Å². The quantitative estimate of drug-likeness (QED) is 0.452.